The van der Waals surface area contributed by atoms with Gasteiger partial charge in [0.05, 0.1) is 13.2 Å². The molecule has 3 rings (SSSR count). The van der Waals surface area contributed by atoms with Crippen LogP contribution in [-0.4, -0.2) is 25.0 Å². The van der Waals surface area contributed by atoms with Gasteiger partial charge in [0.25, 0.3) is 0 Å². The van der Waals surface area contributed by atoms with Crippen molar-refractivity contribution >= 4 is 11.8 Å². The molecule has 1 aromatic rings. The first-order valence-electron chi connectivity index (χ1n) is 7.44. The van der Waals surface area contributed by atoms with E-state index in [9.17, 15) is 9.59 Å². The molecule has 4 heteroatoms. The minimum atomic E-state index is -0.659. The van der Waals surface area contributed by atoms with Crippen molar-refractivity contribution in [1.29, 1.82) is 0 Å². The van der Waals surface area contributed by atoms with E-state index in [1.165, 1.54) is 6.08 Å². The number of esters is 1. The van der Waals surface area contributed by atoms with E-state index in [2.05, 4.69) is 0 Å². The lowest BCUT2D eigenvalue weighted by molar-refractivity contribution is -0.137. The maximum atomic E-state index is 11.9. The van der Waals surface area contributed by atoms with E-state index in [4.69, 9.17) is 9.47 Å². The van der Waals surface area contributed by atoms with Crippen molar-refractivity contribution in [2.24, 2.45) is 5.92 Å². The first-order chi connectivity index (χ1) is 10.7. The van der Waals surface area contributed by atoms with Gasteiger partial charge in [0.1, 0.15) is 5.60 Å². The number of carbonyl (C=O) groups excluding carboxylic acids is 2. The second-order valence-corrected chi connectivity index (χ2v) is 5.48. The number of ketones is 1. The first-order valence-corrected chi connectivity index (χ1v) is 7.44. The number of hydrogen-bond acceptors (Lipinski definition) is 4. The molecule has 0 bridgehead atoms. The number of carbonyl (C=O) groups is 2. The summed E-state index contributed by atoms with van der Waals surface area (Å²) in [6, 6.07) is 9.81. The minimum Gasteiger partial charge on any atom is -0.463 e. The van der Waals surface area contributed by atoms with Gasteiger partial charge in [0.15, 0.2) is 5.78 Å². The van der Waals surface area contributed by atoms with Crippen molar-refractivity contribution in [3.63, 3.8) is 0 Å². The van der Waals surface area contributed by atoms with Gasteiger partial charge in [-0.1, -0.05) is 30.3 Å². The second kappa shape index (κ2) is 5.89. The van der Waals surface area contributed by atoms with Crippen molar-refractivity contribution in [2.45, 2.75) is 18.9 Å². The highest BCUT2D eigenvalue weighted by Gasteiger charge is 2.49. The maximum Gasteiger partial charge on any atom is 0.330 e. The molecule has 0 radical (unpaired) electrons. The zero-order chi connectivity index (χ0) is 15.6. The monoisotopic (exact) mass is 298 g/mol. The lowest BCUT2D eigenvalue weighted by Gasteiger charge is -2.34. The van der Waals surface area contributed by atoms with Gasteiger partial charge in [-0.3, -0.25) is 4.79 Å². The van der Waals surface area contributed by atoms with Gasteiger partial charge in [-0.2, -0.15) is 0 Å². The summed E-state index contributed by atoms with van der Waals surface area (Å²) in [5, 5.41) is 0. The fraction of sp³-hybridized carbons (Fsp3) is 0.333. The van der Waals surface area contributed by atoms with E-state index >= 15 is 0 Å². The maximum absolute atomic E-state index is 11.9. The Bertz CT molecular complexity index is 644. The molecule has 2 unspecified atom stereocenters. The van der Waals surface area contributed by atoms with Crippen molar-refractivity contribution in [2.75, 3.05) is 13.2 Å². The lowest BCUT2D eigenvalue weighted by Crippen LogP contribution is -2.35. The number of allylic oxidation sites excluding steroid dienone is 1. The van der Waals surface area contributed by atoms with Gasteiger partial charge < -0.3 is 9.47 Å². The summed E-state index contributed by atoms with van der Waals surface area (Å²) >= 11 is 0. The summed E-state index contributed by atoms with van der Waals surface area (Å²) in [7, 11) is 0. The van der Waals surface area contributed by atoms with Crippen LogP contribution in [0.4, 0.5) is 0 Å². The molecule has 4 nitrogen and oxygen atoms in total. The smallest absolute Gasteiger partial charge is 0.330 e. The molecule has 114 valence electrons. The molecule has 1 saturated heterocycles. The summed E-state index contributed by atoms with van der Waals surface area (Å²) in [6.45, 7) is 2.43. The Morgan fingerprint density at radius 1 is 1.41 bits per heavy atom. The second-order valence-electron chi connectivity index (χ2n) is 5.48. The van der Waals surface area contributed by atoms with Crippen LogP contribution in [0.1, 0.15) is 18.9 Å². The number of rotatable bonds is 3. The Morgan fingerprint density at radius 2 is 2.18 bits per heavy atom. The van der Waals surface area contributed by atoms with Crippen molar-refractivity contribution in [3.05, 3.63) is 59.7 Å². The zero-order valence-electron chi connectivity index (χ0n) is 12.5. The standard InChI is InChI=1S/C18H18O4/c1-2-21-17(20)10-13-12-22-18(14-6-4-3-5-7-14)9-8-15(19)11-16(13)18/h3-10,16H,2,11-12H2,1H3/b13-10-. The number of benzene rings is 1. The van der Waals surface area contributed by atoms with Crippen LogP contribution in [0.3, 0.4) is 0 Å². The third-order valence-electron chi connectivity index (χ3n) is 4.18. The molecule has 1 aromatic carbocycles. The number of ether oxygens (including phenoxy) is 2. The molecule has 0 N–H and O–H groups in total. The van der Waals surface area contributed by atoms with Gasteiger partial charge in [0, 0.05) is 18.4 Å². The van der Waals surface area contributed by atoms with Gasteiger partial charge in [-0.15, -0.1) is 0 Å². The highest BCUT2D eigenvalue weighted by atomic mass is 16.5. The highest BCUT2D eigenvalue weighted by Crippen LogP contribution is 2.48. The van der Waals surface area contributed by atoms with E-state index in [-0.39, 0.29) is 17.7 Å². The molecule has 0 saturated carbocycles. The van der Waals surface area contributed by atoms with Crippen LogP contribution < -0.4 is 0 Å². The van der Waals surface area contributed by atoms with Crippen LogP contribution >= 0.6 is 0 Å². The number of fused-ring (bicyclic) bond motifs is 1. The number of hydrogen-bond donors (Lipinski definition) is 0. The van der Waals surface area contributed by atoms with E-state index in [0.29, 0.717) is 19.6 Å². The van der Waals surface area contributed by atoms with Crippen molar-refractivity contribution < 1.29 is 19.1 Å². The van der Waals surface area contributed by atoms with Crippen LogP contribution in [-0.2, 0) is 24.7 Å². The summed E-state index contributed by atoms with van der Waals surface area (Å²) in [4.78, 5) is 23.6. The predicted octanol–water partition coefficient (Wildman–Crippen LogP) is 2.55. The molecule has 1 aliphatic heterocycles. The molecule has 2 aliphatic rings. The Hall–Kier alpha value is -2.20. The third-order valence-corrected chi connectivity index (χ3v) is 4.18. The average molecular weight is 298 g/mol. The zero-order valence-corrected chi connectivity index (χ0v) is 12.5. The average Bonchev–Trinajstić information content (AvgIpc) is 2.88. The SMILES string of the molecule is CCOC(=O)/C=C1/COC2(c3ccccc3)C=CC(=O)CC12. The Balaban J connectivity index is 2.00. The molecule has 0 aromatic heterocycles. The van der Waals surface area contributed by atoms with Crippen LogP contribution in [0, 0.1) is 5.92 Å². The first kappa shape index (κ1) is 14.7. The van der Waals surface area contributed by atoms with Gasteiger partial charge in [-0.25, -0.2) is 4.79 Å². The van der Waals surface area contributed by atoms with E-state index in [0.717, 1.165) is 11.1 Å². The normalized spacial score (nSPS) is 28.7. The van der Waals surface area contributed by atoms with Crippen LogP contribution in [0.5, 0.6) is 0 Å². The quantitative estimate of drug-likeness (QED) is 0.635. The molecule has 0 amide bonds. The fourth-order valence-corrected chi connectivity index (χ4v) is 3.17. The third kappa shape index (κ3) is 2.50. The van der Waals surface area contributed by atoms with E-state index < -0.39 is 5.60 Å². The Kier molecular flexibility index (Phi) is 3.94. The van der Waals surface area contributed by atoms with E-state index in [1.807, 2.05) is 36.4 Å². The van der Waals surface area contributed by atoms with Gasteiger partial charge in [0.2, 0.25) is 0 Å². The Labute approximate surface area is 129 Å². The molecule has 1 heterocycles. The van der Waals surface area contributed by atoms with Crippen molar-refractivity contribution in [3.8, 4) is 0 Å². The fourth-order valence-electron chi connectivity index (χ4n) is 3.17. The molecule has 1 fully saturated rings. The molecule has 2 atom stereocenters. The van der Waals surface area contributed by atoms with Crippen LogP contribution in [0.15, 0.2) is 54.1 Å². The summed E-state index contributed by atoms with van der Waals surface area (Å²) in [6.07, 6.45) is 5.23. The van der Waals surface area contributed by atoms with Gasteiger partial charge in [-0.05, 0) is 30.2 Å². The highest BCUT2D eigenvalue weighted by molar-refractivity contribution is 5.92. The van der Waals surface area contributed by atoms with Crippen LogP contribution in [0.2, 0.25) is 0 Å². The lowest BCUT2D eigenvalue weighted by atomic mass is 9.73. The molecule has 1 aliphatic carbocycles. The van der Waals surface area contributed by atoms with Crippen LogP contribution in [0.25, 0.3) is 0 Å². The summed E-state index contributed by atoms with van der Waals surface area (Å²) in [5.41, 5.74) is 1.16. The van der Waals surface area contributed by atoms with Crippen molar-refractivity contribution in [1.82, 2.24) is 0 Å². The van der Waals surface area contributed by atoms with Gasteiger partial charge >= 0.3 is 5.97 Å². The molecule has 0 spiro atoms. The summed E-state index contributed by atoms with van der Waals surface area (Å²) < 4.78 is 11.0. The molecular weight excluding hydrogens is 280 g/mol. The van der Waals surface area contributed by atoms with E-state index in [1.54, 1.807) is 13.0 Å². The predicted molar refractivity (Wildman–Crippen MR) is 81.0 cm³/mol. The summed E-state index contributed by atoms with van der Waals surface area (Å²) in [5.74, 6) is -0.486. The largest absolute Gasteiger partial charge is 0.463 e. The minimum absolute atomic E-state index is 0.0526. The molecular formula is C18H18O4. The Morgan fingerprint density at radius 3 is 2.91 bits per heavy atom. The molecule has 22 heavy (non-hydrogen) atoms. The topological polar surface area (TPSA) is 52.6 Å².